The van der Waals surface area contributed by atoms with Crippen LogP contribution in [-0.4, -0.2) is 0 Å². The number of hydrogen-bond donors (Lipinski definition) is 0. The largest absolute Gasteiger partial charge is 0.0776 e. The topological polar surface area (TPSA) is 0 Å². The Morgan fingerprint density at radius 1 is 1.09 bits per heavy atom. The molecule has 0 heterocycles. The summed E-state index contributed by atoms with van der Waals surface area (Å²) in [6, 6.07) is 8.54. The lowest BCUT2D eigenvalue weighted by Crippen LogP contribution is -1.89. The van der Waals surface area contributed by atoms with Crippen LogP contribution >= 0.6 is 0 Å². The zero-order valence-electron chi connectivity index (χ0n) is 6.89. The molecule has 0 aliphatic heterocycles. The SMILES string of the molecule is C.Cc1ccccc1C(C)C. The van der Waals surface area contributed by atoms with Gasteiger partial charge in [0.2, 0.25) is 0 Å². The van der Waals surface area contributed by atoms with E-state index in [1.54, 1.807) is 0 Å². The molecule has 0 fully saturated rings. The molecule has 0 atom stereocenters. The third kappa shape index (κ3) is 2.38. The maximum Gasteiger partial charge on any atom is -0.0216 e. The molecule has 0 spiro atoms. The Labute approximate surface area is 70.3 Å². The van der Waals surface area contributed by atoms with Gasteiger partial charge in [-0.2, -0.15) is 0 Å². The van der Waals surface area contributed by atoms with Crippen molar-refractivity contribution < 1.29 is 0 Å². The molecule has 0 saturated heterocycles. The monoisotopic (exact) mass is 150 g/mol. The molecule has 0 aliphatic rings. The molecule has 11 heavy (non-hydrogen) atoms. The Morgan fingerprint density at radius 2 is 1.64 bits per heavy atom. The fraction of sp³-hybridized carbons (Fsp3) is 0.455. The smallest absolute Gasteiger partial charge is 0.0216 e. The summed E-state index contributed by atoms with van der Waals surface area (Å²) in [5.41, 5.74) is 2.86. The summed E-state index contributed by atoms with van der Waals surface area (Å²) < 4.78 is 0. The molecule has 0 aromatic heterocycles. The zero-order valence-corrected chi connectivity index (χ0v) is 6.89. The summed E-state index contributed by atoms with van der Waals surface area (Å²) in [6.07, 6.45) is 0. The number of benzene rings is 1. The maximum atomic E-state index is 2.22. The van der Waals surface area contributed by atoms with Crippen molar-refractivity contribution in [1.82, 2.24) is 0 Å². The highest BCUT2D eigenvalue weighted by molar-refractivity contribution is 5.27. The fourth-order valence-corrected chi connectivity index (χ4v) is 1.23. The first-order valence-corrected chi connectivity index (χ1v) is 3.77. The van der Waals surface area contributed by atoms with Crippen molar-refractivity contribution in [3.63, 3.8) is 0 Å². The van der Waals surface area contributed by atoms with Gasteiger partial charge in [0.15, 0.2) is 0 Å². The van der Waals surface area contributed by atoms with Gasteiger partial charge in [0.1, 0.15) is 0 Å². The minimum atomic E-state index is 0. The second kappa shape index (κ2) is 4.17. The van der Waals surface area contributed by atoms with Gasteiger partial charge < -0.3 is 0 Å². The molecule has 1 aromatic carbocycles. The van der Waals surface area contributed by atoms with Crippen LogP contribution in [0.4, 0.5) is 0 Å². The van der Waals surface area contributed by atoms with Crippen LogP contribution in [0.2, 0.25) is 0 Å². The summed E-state index contributed by atoms with van der Waals surface area (Å²) in [5.74, 6) is 0.654. The van der Waals surface area contributed by atoms with Gasteiger partial charge in [0.25, 0.3) is 0 Å². The molecule has 0 aliphatic carbocycles. The average molecular weight is 150 g/mol. The summed E-state index contributed by atoms with van der Waals surface area (Å²) in [4.78, 5) is 0. The van der Waals surface area contributed by atoms with Gasteiger partial charge in [-0.3, -0.25) is 0 Å². The van der Waals surface area contributed by atoms with E-state index >= 15 is 0 Å². The molecule has 0 saturated carbocycles. The van der Waals surface area contributed by atoms with Gasteiger partial charge >= 0.3 is 0 Å². The van der Waals surface area contributed by atoms with Crippen LogP contribution in [0.3, 0.4) is 0 Å². The van der Waals surface area contributed by atoms with E-state index in [9.17, 15) is 0 Å². The molecule has 0 amide bonds. The maximum absolute atomic E-state index is 2.22. The van der Waals surface area contributed by atoms with Gasteiger partial charge in [0, 0.05) is 0 Å². The second-order valence-electron chi connectivity index (χ2n) is 3.01. The first-order valence-electron chi connectivity index (χ1n) is 3.77. The lowest BCUT2D eigenvalue weighted by atomic mass is 9.99. The van der Waals surface area contributed by atoms with E-state index in [0.29, 0.717) is 5.92 Å². The van der Waals surface area contributed by atoms with Crippen molar-refractivity contribution in [3.8, 4) is 0 Å². The molecule has 62 valence electrons. The number of aryl methyl sites for hydroxylation is 1. The van der Waals surface area contributed by atoms with Crippen LogP contribution < -0.4 is 0 Å². The highest BCUT2D eigenvalue weighted by atomic mass is 14.0. The van der Waals surface area contributed by atoms with Crippen LogP contribution in [0, 0.1) is 6.92 Å². The van der Waals surface area contributed by atoms with Crippen LogP contribution in [0.15, 0.2) is 24.3 Å². The van der Waals surface area contributed by atoms with Crippen molar-refractivity contribution in [1.29, 1.82) is 0 Å². The Morgan fingerprint density at radius 3 is 2.00 bits per heavy atom. The first-order chi connectivity index (χ1) is 4.72. The minimum Gasteiger partial charge on any atom is -0.0776 e. The summed E-state index contributed by atoms with van der Waals surface area (Å²) in [6.45, 7) is 6.61. The molecule has 0 N–H and O–H groups in total. The number of rotatable bonds is 1. The van der Waals surface area contributed by atoms with Crippen molar-refractivity contribution in [2.75, 3.05) is 0 Å². The zero-order chi connectivity index (χ0) is 7.56. The van der Waals surface area contributed by atoms with Gasteiger partial charge in [-0.05, 0) is 24.0 Å². The third-order valence-electron chi connectivity index (χ3n) is 1.81. The minimum absolute atomic E-state index is 0. The van der Waals surface area contributed by atoms with Crippen molar-refractivity contribution in [2.24, 2.45) is 0 Å². The van der Waals surface area contributed by atoms with Crippen molar-refractivity contribution in [2.45, 2.75) is 34.1 Å². The Hall–Kier alpha value is -0.780. The lowest BCUT2D eigenvalue weighted by molar-refractivity contribution is 0.856. The third-order valence-corrected chi connectivity index (χ3v) is 1.81. The lowest BCUT2D eigenvalue weighted by Gasteiger charge is -2.07. The highest BCUT2D eigenvalue weighted by Crippen LogP contribution is 2.17. The van der Waals surface area contributed by atoms with Gasteiger partial charge in [0.05, 0.1) is 0 Å². The van der Waals surface area contributed by atoms with Crippen LogP contribution in [-0.2, 0) is 0 Å². The predicted octanol–water partition coefficient (Wildman–Crippen LogP) is 3.75. The van der Waals surface area contributed by atoms with E-state index in [0.717, 1.165) is 0 Å². The van der Waals surface area contributed by atoms with Gasteiger partial charge in [-0.15, -0.1) is 0 Å². The predicted molar refractivity (Wildman–Crippen MR) is 52.0 cm³/mol. The summed E-state index contributed by atoms with van der Waals surface area (Å²) >= 11 is 0. The summed E-state index contributed by atoms with van der Waals surface area (Å²) in [5, 5.41) is 0. The molecule has 0 unspecified atom stereocenters. The highest BCUT2D eigenvalue weighted by Gasteiger charge is 1.99. The fourth-order valence-electron chi connectivity index (χ4n) is 1.23. The molecule has 0 bridgehead atoms. The molecule has 0 nitrogen and oxygen atoms in total. The Bertz CT molecular complexity index is 211. The van der Waals surface area contributed by atoms with Crippen LogP contribution in [0.5, 0.6) is 0 Å². The quantitative estimate of drug-likeness (QED) is 0.572. The standard InChI is InChI=1S/C10H14.CH4/c1-8(2)10-7-5-4-6-9(10)3;/h4-8H,1-3H3;1H4. The van der Waals surface area contributed by atoms with E-state index in [1.165, 1.54) is 11.1 Å². The second-order valence-corrected chi connectivity index (χ2v) is 3.01. The van der Waals surface area contributed by atoms with E-state index in [1.807, 2.05) is 0 Å². The molecule has 0 radical (unpaired) electrons. The molecular formula is C11H18. The molecule has 0 heteroatoms. The van der Waals surface area contributed by atoms with E-state index < -0.39 is 0 Å². The van der Waals surface area contributed by atoms with E-state index in [2.05, 4.69) is 45.0 Å². The van der Waals surface area contributed by atoms with Gasteiger partial charge in [-0.25, -0.2) is 0 Å². The molecular weight excluding hydrogens is 132 g/mol. The van der Waals surface area contributed by atoms with Crippen LogP contribution in [0.25, 0.3) is 0 Å². The normalized spacial score (nSPS) is 9.45. The van der Waals surface area contributed by atoms with E-state index in [-0.39, 0.29) is 7.43 Å². The van der Waals surface area contributed by atoms with Crippen LogP contribution in [0.1, 0.15) is 38.3 Å². The molecule has 1 rings (SSSR count). The van der Waals surface area contributed by atoms with Gasteiger partial charge in [-0.1, -0.05) is 45.5 Å². The average Bonchev–Trinajstić information content (AvgIpc) is 1.88. The molecule has 1 aromatic rings. The number of hydrogen-bond acceptors (Lipinski definition) is 0. The summed E-state index contributed by atoms with van der Waals surface area (Å²) in [7, 11) is 0. The van der Waals surface area contributed by atoms with E-state index in [4.69, 9.17) is 0 Å². The Kier molecular flexibility index (Phi) is 3.88. The van der Waals surface area contributed by atoms with Crippen molar-refractivity contribution >= 4 is 0 Å². The van der Waals surface area contributed by atoms with Crippen molar-refractivity contribution in [3.05, 3.63) is 35.4 Å². The first kappa shape index (κ1) is 10.2. The Balaban J connectivity index is 0.000001000.